The van der Waals surface area contributed by atoms with Gasteiger partial charge in [0.15, 0.2) is 0 Å². The number of alkyl halides is 2. The molecule has 0 radical (unpaired) electrons. The smallest absolute Gasteiger partial charge is 0.273 e. The summed E-state index contributed by atoms with van der Waals surface area (Å²) in [5, 5.41) is 3.55. The molecule has 1 saturated carbocycles. The fraction of sp³-hybridized carbons (Fsp3) is 0.226. The third-order valence-electron chi connectivity index (χ3n) is 6.87. The Bertz CT molecular complexity index is 1400. The molecule has 0 saturated heterocycles. The first kappa shape index (κ1) is 24.8. The van der Waals surface area contributed by atoms with Gasteiger partial charge in [0.2, 0.25) is 0 Å². The van der Waals surface area contributed by atoms with E-state index in [1.165, 1.54) is 30.7 Å². The third-order valence-corrected chi connectivity index (χ3v) is 6.87. The molecule has 188 valence electrons. The van der Waals surface area contributed by atoms with Crippen LogP contribution in [0, 0.1) is 5.82 Å². The summed E-state index contributed by atoms with van der Waals surface area (Å²) in [6, 6.07) is 21.0. The Morgan fingerprint density at radius 1 is 0.865 bits per heavy atom. The molecule has 1 aliphatic carbocycles. The number of nitrogens with zero attached hydrogens (tertiary/aromatic N) is 2. The van der Waals surface area contributed by atoms with Crippen LogP contribution in [0.25, 0.3) is 22.5 Å². The van der Waals surface area contributed by atoms with Crippen molar-refractivity contribution < 1.29 is 13.2 Å². The van der Waals surface area contributed by atoms with Crippen molar-refractivity contribution in [3.63, 3.8) is 0 Å². The number of rotatable bonds is 8. The van der Waals surface area contributed by atoms with E-state index in [0.29, 0.717) is 23.4 Å². The molecule has 0 atom stereocenters. The molecular weight excluding hydrogens is 471 g/mol. The molecule has 1 heterocycles. The van der Waals surface area contributed by atoms with Crippen LogP contribution in [0.15, 0.2) is 96.5 Å². The molecule has 6 heteroatoms. The summed E-state index contributed by atoms with van der Waals surface area (Å²) in [7, 11) is 0. The molecule has 4 aromatic rings. The first-order valence-corrected chi connectivity index (χ1v) is 12.6. The molecule has 0 spiro atoms. The summed E-state index contributed by atoms with van der Waals surface area (Å²) in [5.74, 6) is -3.14. The number of nitrogens with one attached hydrogen (secondary N) is 1. The molecule has 0 unspecified atom stereocenters. The zero-order valence-corrected chi connectivity index (χ0v) is 20.6. The van der Waals surface area contributed by atoms with Crippen LogP contribution in [0.5, 0.6) is 0 Å². The number of allylic oxidation sites excluding steroid dienone is 2. The van der Waals surface area contributed by atoms with E-state index in [9.17, 15) is 13.2 Å². The second-order valence-corrected chi connectivity index (χ2v) is 9.30. The third kappa shape index (κ3) is 5.43. The van der Waals surface area contributed by atoms with Crippen LogP contribution in [0.3, 0.4) is 0 Å². The lowest BCUT2D eigenvalue weighted by atomic mass is 9.88. The fourth-order valence-corrected chi connectivity index (χ4v) is 4.47. The van der Waals surface area contributed by atoms with Crippen molar-refractivity contribution >= 4 is 5.69 Å². The summed E-state index contributed by atoms with van der Waals surface area (Å²) in [5.41, 5.74) is 6.79. The van der Waals surface area contributed by atoms with Crippen LogP contribution >= 0.6 is 0 Å². The number of halogens is 3. The SMILES string of the molecule is CCC(F)(F)c1ccc(CC(Nc2ccc(-c3nccnc3-c3ccccc3F)cc2)=C2CCC2)cc1. The van der Waals surface area contributed by atoms with Gasteiger partial charge in [-0.15, -0.1) is 0 Å². The van der Waals surface area contributed by atoms with Crippen LogP contribution in [0.2, 0.25) is 0 Å². The first-order valence-electron chi connectivity index (χ1n) is 12.6. The molecule has 0 bridgehead atoms. The van der Waals surface area contributed by atoms with Crippen molar-refractivity contribution in [1.29, 1.82) is 0 Å². The van der Waals surface area contributed by atoms with Gasteiger partial charge in [0.05, 0.1) is 11.4 Å². The van der Waals surface area contributed by atoms with Gasteiger partial charge in [-0.05, 0) is 49.1 Å². The van der Waals surface area contributed by atoms with E-state index in [-0.39, 0.29) is 17.8 Å². The zero-order valence-electron chi connectivity index (χ0n) is 20.6. The normalized spacial score (nSPS) is 13.2. The van der Waals surface area contributed by atoms with E-state index in [1.807, 2.05) is 24.3 Å². The van der Waals surface area contributed by atoms with E-state index < -0.39 is 5.92 Å². The standard InChI is InChI=1S/C31H28F3N3/c1-2-31(33,34)24-14-10-21(11-15-24)20-28(22-6-5-7-22)37-25-16-12-23(13-17-25)29-30(36-19-18-35-29)26-8-3-4-9-27(26)32/h3-4,8-19,37H,2,5-7,20H2,1H3. The van der Waals surface area contributed by atoms with Crippen LogP contribution in [-0.2, 0) is 12.3 Å². The molecule has 1 aliphatic rings. The monoisotopic (exact) mass is 499 g/mol. The van der Waals surface area contributed by atoms with Crippen molar-refractivity contribution in [1.82, 2.24) is 9.97 Å². The van der Waals surface area contributed by atoms with E-state index in [0.717, 1.165) is 41.8 Å². The highest BCUT2D eigenvalue weighted by Crippen LogP contribution is 2.34. The van der Waals surface area contributed by atoms with Gasteiger partial charge in [-0.25, -0.2) is 13.2 Å². The maximum Gasteiger partial charge on any atom is 0.273 e. The van der Waals surface area contributed by atoms with Gasteiger partial charge in [0, 0.05) is 53.3 Å². The van der Waals surface area contributed by atoms with Gasteiger partial charge in [-0.1, -0.05) is 61.0 Å². The van der Waals surface area contributed by atoms with Gasteiger partial charge < -0.3 is 5.32 Å². The average molecular weight is 500 g/mol. The summed E-state index contributed by atoms with van der Waals surface area (Å²) in [4.78, 5) is 8.88. The number of hydrogen-bond donors (Lipinski definition) is 1. The zero-order chi connectivity index (χ0) is 25.8. The van der Waals surface area contributed by atoms with Crippen molar-refractivity contribution in [3.8, 4) is 22.5 Å². The van der Waals surface area contributed by atoms with Crippen LogP contribution < -0.4 is 5.32 Å². The second kappa shape index (κ2) is 10.6. The Kier molecular flexibility index (Phi) is 7.08. The topological polar surface area (TPSA) is 37.8 Å². The Balaban J connectivity index is 1.36. The Labute approximate surface area is 215 Å². The lowest BCUT2D eigenvalue weighted by molar-refractivity contribution is -0.00829. The van der Waals surface area contributed by atoms with Crippen molar-refractivity contribution in [2.45, 2.75) is 45.0 Å². The molecule has 0 amide bonds. The second-order valence-electron chi connectivity index (χ2n) is 9.30. The summed E-state index contributed by atoms with van der Waals surface area (Å²) in [6.45, 7) is 1.49. The lowest BCUT2D eigenvalue weighted by Gasteiger charge is -2.24. The maximum absolute atomic E-state index is 14.5. The average Bonchev–Trinajstić information content (AvgIpc) is 2.89. The fourth-order valence-electron chi connectivity index (χ4n) is 4.47. The predicted molar refractivity (Wildman–Crippen MR) is 142 cm³/mol. The van der Waals surface area contributed by atoms with Gasteiger partial charge in [-0.2, -0.15) is 0 Å². The van der Waals surface area contributed by atoms with Crippen LogP contribution in [-0.4, -0.2) is 9.97 Å². The molecular formula is C31H28F3N3. The highest BCUT2D eigenvalue weighted by atomic mass is 19.3. The maximum atomic E-state index is 14.5. The van der Waals surface area contributed by atoms with Gasteiger partial charge in [-0.3, -0.25) is 9.97 Å². The molecule has 0 aliphatic heterocycles. The van der Waals surface area contributed by atoms with Crippen LogP contribution in [0.1, 0.15) is 43.7 Å². The minimum Gasteiger partial charge on any atom is -0.359 e. The first-order chi connectivity index (χ1) is 17.9. The number of anilines is 1. The Hall–Kier alpha value is -3.93. The highest BCUT2D eigenvalue weighted by Gasteiger charge is 2.28. The molecule has 1 aromatic heterocycles. The molecule has 5 rings (SSSR count). The van der Waals surface area contributed by atoms with Gasteiger partial charge >= 0.3 is 0 Å². The van der Waals surface area contributed by atoms with E-state index in [1.54, 1.807) is 42.7 Å². The minimum atomic E-state index is -2.80. The number of hydrogen-bond acceptors (Lipinski definition) is 3. The Morgan fingerprint density at radius 2 is 1.54 bits per heavy atom. The highest BCUT2D eigenvalue weighted by molar-refractivity contribution is 5.78. The summed E-state index contributed by atoms with van der Waals surface area (Å²) in [6.07, 6.45) is 6.84. The largest absolute Gasteiger partial charge is 0.359 e. The summed E-state index contributed by atoms with van der Waals surface area (Å²) < 4.78 is 42.5. The summed E-state index contributed by atoms with van der Waals surface area (Å²) >= 11 is 0. The van der Waals surface area contributed by atoms with E-state index in [4.69, 9.17) is 0 Å². The molecule has 1 fully saturated rings. The van der Waals surface area contributed by atoms with Crippen molar-refractivity contribution in [2.24, 2.45) is 0 Å². The number of benzene rings is 3. The lowest BCUT2D eigenvalue weighted by Crippen LogP contribution is -2.13. The van der Waals surface area contributed by atoms with E-state index in [2.05, 4.69) is 15.3 Å². The van der Waals surface area contributed by atoms with Gasteiger partial charge in [0.25, 0.3) is 5.92 Å². The Morgan fingerprint density at radius 3 is 2.16 bits per heavy atom. The number of aromatic nitrogens is 2. The molecule has 37 heavy (non-hydrogen) atoms. The molecule has 1 N–H and O–H groups in total. The molecule has 3 aromatic carbocycles. The quantitative estimate of drug-likeness (QED) is 0.264. The van der Waals surface area contributed by atoms with Crippen LogP contribution in [0.4, 0.5) is 18.9 Å². The predicted octanol–water partition coefficient (Wildman–Crippen LogP) is 8.54. The van der Waals surface area contributed by atoms with Crippen molar-refractivity contribution in [3.05, 3.63) is 113 Å². The van der Waals surface area contributed by atoms with E-state index >= 15 is 0 Å². The minimum absolute atomic E-state index is 0.0545. The van der Waals surface area contributed by atoms with Gasteiger partial charge in [0.1, 0.15) is 5.82 Å². The molecule has 3 nitrogen and oxygen atoms in total. The van der Waals surface area contributed by atoms with Crippen molar-refractivity contribution in [2.75, 3.05) is 5.32 Å².